The molecule has 2 rings (SSSR count). The summed E-state index contributed by atoms with van der Waals surface area (Å²) in [6.07, 6.45) is 0.583. The van der Waals surface area contributed by atoms with E-state index in [2.05, 4.69) is 0 Å². The van der Waals surface area contributed by atoms with E-state index in [0.29, 0.717) is 13.0 Å². The fourth-order valence-corrected chi connectivity index (χ4v) is 1.94. The average Bonchev–Trinajstić information content (AvgIpc) is 2.66. The molecule has 94 valence electrons. The molecule has 0 radical (unpaired) electrons. The van der Waals surface area contributed by atoms with E-state index in [1.807, 2.05) is 0 Å². The molecule has 0 spiro atoms. The number of rotatable bonds is 2. The van der Waals surface area contributed by atoms with Crippen LogP contribution in [0.15, 0.2) is 0 Å². The van der Waals surface area contributed by atoms with Gasteiger partial charge >= 0.3 is 11.9 Å². The molecule has 1 unspecified atom stereocenters. The molecule has 0 amide bonds. The summed E-state index contributed by atoms with van der Waals surface area (Å²) in [6.45, 7) is 3.35. The van der Waals surface area contributed by atoms with E-state index >= 15 is 0 Å². The SMILES string of the molecule is CC1(C)OC(=O)C(C(=O)C2CCCO2)C(=O)O1. The van der Waals surface area contributed by atoms with Crippen LogP contribution < -0.4 is 0 Å². The van der Waals surface area contributed by atoms with Gasteiger partial charge in [0.1, 0.15) is 6.10 Å². The molecule has 2 aliphatic heterocycles. The smallest absolute Gasteiger partial charge is 0.331 e. The van der Waals surface area contributed by atoms with Crippen molar-refractivity contribution in [2.24, 2.45) is 5.92 Å². The monoisotopic (exact) mass is 242 g/mol. The number of cyclic esters (lactones) is 2. The van der Waals surface area contributed by atoms with E-state index in [1.54, 1.807) is 0 Å². The van der Waals surface area contributed by atoms with Crippen LogP contribution in [0.1, 0.15) is 26.7 Å². The van der Waals surface area contributed by atoms with Gasteiger partial charge in [-0.25, -0.2) is 0 Å². The molecule has 0 aromatic rings. The molecule has 1 atom stereocenters. The van der Waals surface area contributed by atoms with E-state index in [1.165, 1.54) is 13.8 Å². The highest BCUT2D eigenvalue weighted by molar-refractivity contribution is 6.17. The fraction of sp³-hybridized carbons (Fsp3) is 0.727. The number of hydrogen-bond donors (Lipinski definition) is 0. The van der Waals surface area contributed by atoms with Gasteiger partial charge in [0.2, 0.25) is 5.92 Å². The van der Waals surface area contributed by atoms with E-state index in [4.69, 9.17) is 14.2 Å². The van der Waals surface area contributed by atoms with Crippen LogP contribution in [0.2, 0.25) is 0 Å². The first-order chi connectivity index (χ1) is 7.91. The van der Waals surface area contributed by atoms with Gasteiger partial charge in [-0.05, 0) is 12.8 Å². The molecule has 2 heterocycles. The number of carbonyl (C=O) groups excluding carboxylic acids is 3. The third kappa shape index (κ3) is 2.31. The van der Waals surface area contributed by atoms with Crippen LogP contribution in [0.3, 0.4) is 0 Å². The molecule has 6 nitrogen and oxygen atoms in total. The van der Waals surface area contributed by atoms with Gasteiger partial charge < -0.3 is 14.2 Å². The second kappa shape index (κ2) is 4.10. The zero-order chi connectivity index (χ0) is 12.6. The van der Waals surface area contributed by atoms with Gasteiger partial charge in [-0.15, -0.1) is 0 Å². The Labute approximate surface area is 98.2 Å². The van der Waals surface area contributed by atoms with Crippen LogP contribution in [0.25, 0.3) is 0 Å². The van der Waals surface area contributed by atoms with Crippen molar-refractivity contribution < 1.29 is 28.6 Å². The molecule has 0 bridgehead atoms. The summed E-state index contributed by atoms with van der Waals surface area (Å²) in [6, 6.07) is 0. The maximum Gasteiger partial charge on any atom is 0.331 e. The zero-order valence-corrected chi connectivity index (χ0v) is 9.73. The van der Waals surface area contributed by atoms with E-state index < -0.39 is 35.5 Å². The highest BCUT2D eigenvalue weighted by Crippen LogP contribution is 2.26. The van der Waals surface area contributed by atoms with Gasteiger partial charge in [0.15, 0.2) is 5.78 Å². The molecule has 0 aliphatic carbocycles. The normalized spacial score (nSPS) is 28.7. The van der Waals surface area contributed by atoms with Crippen molar-refractivity contribution in [1.82, 2.24) is 0 Å². The van der Waals surface area contributed by atoms with Crippen molar-refractivity contribution in [2.75, 3.05) is 6.61 Å². The van der Waals surface area contributed by atoms with Crippen LogP contribution >= 0.6 is 0 Å². The Bertz CT molecular complexity index is 346. The van der Waals surface area contributed by atoms with Gasteiger partial charge in [-0.2, -0.15) is 0 Å². The molecule has 2 saturated heterocycles. The summed E-state index contributed by atoms with van der Waals surface area (Å²) >= 11 is 0. The molecule has 0 N–H and O–H groups in total. The summed E-state index contributed by atoms with van der Waals surface area (Å²) in [5.74, 6) is -5.07. The molecular weight excluding hydrogens is 228 g/mol. The minimum Gasteiger partial charge on any atom is -0.422 e. The maximum absolute atomic E-state index is 11.9. The number of hydrogen-bond acceptors (Lipinski definition) is 6. The Morgan fingerprint density at radius 2 is 1.82 bits per heavy atom. The Balaban J connectivity index is 2.12. The molecule has 2 aliphatic rings. The highest BCUT2D eigenvalue weighted by atomic mass is 16.7. The van der Waals surface area contributed by atoms with Gasteiger partial charge in [0, 0.05) is 20.5 Å². The minimum atomic E-state index is -1.49. The maximum atomic E-state index is 11.9. The number of esters is 2. The second-order valence-electron chi connectivity index (χ2n) is 4.58. The second-order valence-corrected chi connectivity index (χ2v) is 4.58. The Hall–Kier alpha value is -1.43. The molecule has 0 aromatic carbocycles. The lowest BCUT2D eigenvalue weighted by Gasteiger charge is -2.32. The van der Waals surface area contributed by atoms with E-state index in [9.17, 15) is 14.4 Å². The fourth-order valence-electron chi connectivity index (χ4n) is 1.94. The van der Waals surface area contributed by atoms with Crippen LogP contribution in [0.4, 0.5) is 0 Å². The lowest BCUT2D eigenvalue weighted by molar-refractivity contribution is -0.239. The Kier molecular flexibility index (Phi) is 2.91. The van der Waals surface area contributed by atoms with Crippen LogP contribution in [0.5, 0.6) is 0 Å². The molecule has 0 aromatic heterocycles. The molecule has 0 saturated carbocycles. The van der Waals surface area contributed by atoms with Crippen LogP contribution in [-0.4, -0.2) is 36.2 Å². The van der Waals surface area contributed by atoms with Crippen molar-refractivity contribution in [2.45, 2.75) is 38.6 Å². The third-order valence-electron chi connectivity index (χ3n) is 2.70. The molecule has 17 heavy (non-hydrogen) atoms. The Morgan fingerprint density at radius 3 is 2.29 bits per heavy atom. The molecular formula is C11H14O6. The van der Waals surface area contributed by atoms with Crippen LogP contribution in [-0.2, 0) is 28.6 Å². The van der Waals surface area contributed by atoms with Gasteiger partial charge in [-0.3, -0.25) is 14.4 Å². The van der Waals surface area contributed by atoms with Crippen LogP contribution in [0, 0.1) is 5.92 Å². The number of ketones is 1. The summed E-state index contributed by atoms with van der Waals surface area (Å²) in [4.78, 5) is 35.1. The predicted molar refractivity (Wildman–Crippen MR) is 53.7 cm³/mol. The average molecular weight is 242 g/mol. The zero-order valence-electron chi connectivity index (χ0n) is 9.73. The minimum absolute atomic E-state index is 0.471. The van der Waals surface area contributed by atoms with Gasteiger partial charge in [-0.1, -0.05) is 0 Å². The van der Waals surface area contributed by atoms with Gasteiger partial charge in [0.25, 0.3) is 5.79 Å². The van der Waals surface area contributed by atoms with Crippen molar-refractivity contribution in [3.8, 4) is 0 Å². The summed E-state index contributed by atoms with van der Waals surface area (Å²) in [5, 5.41) is 0. The van der Waals surface area contributed by atoms with E-state index in [-0.39, 0.29) is 0 Å². The topological polar surface area (TPSA) is 78.9 Å². The summed E-state index contributed by atoms with van der Waals surface area (Å²) < 4.78 is 14.9. The Morgan fingerprint density at radius 1 is 1.24 bits per heavy atom. The molecule has 6 heteroatoms. The van der Waals surface area contributed by atoms with Crippen molar-refractivity contribution in [1.29, 1.82) is 0 Å². The lowest BCUT2D eigenvalue weighted by Crippen LogP contribution is -2.51. The number of carbonyl (C=O) groups is 3. The quantitative estimate of drug-likeness (QED) is 0.508. The lowest BCUT2D eigenvalue weighted by atomic mass is 9.97. The first-order valence-corrected chi connectivity index (χ1v) is 5.52. The standard InChI is InChI=1S/C11H14O6/c1-11(2)16-9(13)7(10(14)17-11)8(12)6-4-3-5-15-6/h6-7H,3-5H2,1-2H3. The largest absolute Gasteiger partial charge is 0.422 e. The number of Topliss-reactive ketones (excluding diaryl/α,β-unsaturated/α-hetero) is 1. The van der Waals surface area contributed by atoms with E-state index in [0.717, 1.165) is 6.42 Å². The van der Waals surface area contributed by atoms with Crippen molar-refractivity contribution >= 4 is 17.7 Å². The predicted octanol–water partition coefficient (Wildman–Crippen LogP) is 0.187. The van der Waals surface area contributed by atoms with Crippen molar-refractivity contribution in [3.63, 3.8) is 0 Å². The highest BCUT2D eigenvalue weighted by Gasteiger charge is 2.49. The molecule has 2 fully saturated rings. The van der Waals surface area contributed by atoms with Crippen molar-refractivity contribution in [3.05, 3.63) is 0 Å². The number of ether oxygens (including phenoxy) is 3. The van der Waals surface area contributed by atoms with Gasteiger partial charge in [0.05, 0.1) is 0 Å². The first-order valence-electron chi connectivity index (χ1n) is 5.52. The summed E-state index contributed by atoms with van der Waals surface area (Å²) in [7, 11) is 0. The third-order valence-corrected chi connectivity index (χ3v) is 2.70. The summed E-state index contributed by atoms with van der Waals surface area (Å²) in [5.41, 5.74) is 0. The first kappa shape index (κ1) is 12.0.